The largest absolute Gasteiger partial charge is 0.311 e. The molecule has 0 aliphatic carbocycles. The van der Waals surface area contributed by atoms with Crippen LogP contribution < -0.4 is 5.32 Å². The van der Waals surface area contributed by atoms with Crippen molar-refractivity contribution in [1.29, 1.82) is 0 Å². The van der Waals surface area contributed by atoms with Crippen LogP contribution in [0.3, 0.4) is 0 Å². The van der Waals surface area contributed by atoms with Crippen LogP contribution in [0.25, 0.3) is 11.4 Å². The standard InChI is InChI=1S/C16H20FN3/c1-11(2)9-18-10-14-6-7-19-16(20-14)13-5-4-12(3)15(17)8-13/h4-8,11,18H,9-10H2,1-3H3. The Morgan fingerprint density at radius 2 is 2.05 bits per heavy atom. The average molecular weight is 273 g/mol. The Kier molecular flexibility index (Phi) is 4.79. The smallest absolute Gasteiger partial charge is 0.159 e. The first kappa shape index (κ1) is 14.6. The van der Waals surface area contributed by atoms with Gasteiger partial charge in [0.25, 0.3) is 0 Å². The maximum atomic E-state index is 13.6. The lowest BCUT2D eigenvalue weighted by atomic mass is 10.1. The molecule has 20 heavy (non-hydrogen) atoms. The molecule has 0 bridgehead atoms. The summed E-state index contributed by atoms with van der Waals surface area (Å²) in [4.78, 5) is 8.69. The Morgan fingerprint density at radius 3 is 2.75 bits per heavy atom. The topological polar surface area (TPSA) is 37.8 Å². The molecular formula is C16H20FN3. The lowest BCUT2D eigenvalue weighted by Gasteiger charge is -2.08. The fourth-order valence-electron chi connectivity index (χ4n) is 1.85. The first-order chi connectivity index (χ1) is 9.56. The van der Waals surface area contributed by atoms with E-state index in [0.29, 0.717) is 29.4 Å². The van der Waals surface area contributed by atoms with Crippen LogP contribution in [0.2, 0.25) is 0 Å². The van der Waals surface area contributed by atoms with Crippen LogP contribution in [-0.2, 0) is 6.54 Å². The van der Waals surface area contributed by atoms with E-state index < -0.39 is 0 Å². The zero-order valence-electron chi connectivity index (χ0n) is 12.2. The molecule has 0 unspecified atom stereocenters. The number of halogens is 1. The molecule has 1 heterocycles. The Morgan fingerprint density at radius 1 is 1.25 bits per heavy atom. The van der Waals surface area contributed by atoms with Gasteiger partial charge in [0.05, 0.1) is 5.69 Å². The van der Waals surface area contributed by atoms with Gasteiger partial charge in [-0.25, -0.2) is 14.4 Å². The van der Waals surface area contributed by atoms with Gasteiger partial charge >= 0.3 is 0 Å². The van der Waals surface area contributed by atoms with Crippen molar-refractivity contribution < 1.29 is 4.39 Å². The third-order valence-electron chi connectivity index (χ3n) is 3.00. The number of benzene rings is 1. The fourth-order valence-corrected chi connectivity index (χ4v) is 1.85. The van der Waals surface area contributed by atoms with Crippen molar-refractivity contribution in [2.45, 2.75) is 27.3 Å². The van der Waals surface area contributed by atoms with E-state index in [2.05, 4.69) is 29.1 Å². The molecule has 0 saturated carbocycles. The van der Waals surface area contributed by atoms with Crippen LogP contribution in [0, 0.1) is 18.7 Å². The summed E-state index contributed by atoms with van der Waals surface area (Å²) in [6.07, 6.45) is 1.71. The van der Waals surface area contributed by atoms with Crippen molar-refractivity contribution in [3.8, 4) is 11.4 Å². The van der Waals surface area contributed by atoms with E-state index in [1.54, 1.807) is 19.2 Å². The minimum Gasteiger partial charge on any atom is -0.311 e. The molecule has 0 aliphatic heterocycles. The van der Waals surface area contributed by atoms with Crippen LogP contribution in [0.5, 0.6) is 0 Å². The van der Waals surface area contributed by atoms with Gasteiger partial charge in [0.1, 0.15) is 5.82 Å². The van der Waals surface area contributed by atoms with Gasteiger partial charge < -0.3 is 5.32 Å². The van der Waals surface area contributed by atoms with Gasteiger partial charge in [0.15, 0.2) is 5.82 Å². The Bertz CT molecular complexity index is 582. The van der Waals surface area contributed by atoms with Gasteiger partial charge in [-0.15, -0.1) is 0 Å². The van der Waals surface area contributed by atoms with Crippen molar-refractivity contribution in [2.75, 3.05) is 6.54 Å². The van der Waals surface area contributed by atoms with Crippen LogP contribution in [-0.4, -0.2) is 16.5 Å². The summed E-state index contributed by atoms with van der Waals surface area (Å²) >= 11 is 0. The number of nitrogens with one attached hydrogen (secondary N) is 1. The van der Waals surface area contributed by atoms with E-state index in [1.165, 1.54) is 6.07 Å². The van der Waals surface area contributed by atoms with Gasteiger partial charge in [-0.05, 0) is 37.1 Å². The van der Waals surface area contributed by atoms with Crippen molar-refractivity contribution in [2.24, 2.45) is 5.92 Å². The zero-order valence-corrected chi connectivity index (χ0v) is 12.2. The maximum Gasteiger partial charge on any atom is 0.159 e. The van der Waals surface area contributed by atoms with E-state index >= 15 is 0 Å². The molecule has 2 rings (SSSR count). The number of hydrogen-bond acceptors (Lipinski definition) is 3. The second-order valence-corrected chi connectivity index (χ2v) is 5.36. The van der Waals surface area contributed by atoms with Crippen molar-refractivity contribution in [1.82, 2.24) is 15.3 Å². The zero-order chi connectivity index (χ0) is 14.5. The monoisotopic (exact) mass is 273 g/mol. The van der Waals surface area contributed by atoms with Gasteiger partial charge in [-0.2, -0.15) is 0 Å². The molecule has 0 amide bonds. The summed E-state index contributed by atoms with van der Waals surface area (Å²) < 4.78 is 13.6. The lowest BCUT2D eigenvalue weighted by Crippen LogP contribution is -2.19. The summed E-state index contributed by atoms with van der Waals surface area (Å²) in [6.45, 7) is 7.70. The highest BCUT2D eigenvalue weighted by Gasteiger charge is 2.06. The molecule has 0 fully saturated rings. The third-order valence-corrected chi connectivity index (χ3v) is 3.00. The van der Waals surface area contributed by atoms with Gasteiger partial charge in [0.2, 0.25) is 0 Å². The van der Waals surface area contributed by atoms with Crippen LogP contribution in [0.1, 0.15) is 25.1 Å². The van der Waals surface area contributed by atoms with E-state index in [9.17, 15) is 4.39 Å². The number of aryl methyl sites for hydroxylation is 1. The Hall–Kier alpha value is -1.81. The van der Waals surface area contributed by atoms with E-state index in [1.807, 2.05) is 12.1 Å². The summed E-state index contributed by atoms with van der Waals surface area (Å²) in [5, 5.41) is 3.34. The molecule has 4 heteroatoms. The normalized spacial score (nSPS) is 11.1. The van der Waals surface area contributed by atoms with Crippen molar-refractivity contribution in [3.63, 3.8) is 0 Å². The Balaban J connectivity index is 2.14. The summed E-state index contributed by atoms with van der Waals surface area (Å²) in [5.41, 5.74) is 2.25. The average Bonchev–Trinajstić information content (AvgIpc) is 2.42. The molecule has 0 radical (unpaired) electrons. The maximum absolute atomic E-state index is 13.6. The van der Waals surface area contributed by atoms with Crippen LogP contribution >= 0.6 is 0 Å². The van der Waals surface area contributed by atoms with Gasteiger partial charge in [0, 0.05) is 18.3 Å². The number of aromatic nitrogens is 2. The summed E-state index contributed by atoms with van der Waals surface area (Å²) in [6, 6.07) is 6.95. The van der Waals surface area contributed by atoms with E-state index in [0.717, 1.165) is 12.2 Å². The molecule has 0 spiro atoms. The summed E-state index contributed by atoms with van der Waals surface area (Å²) in [7, 11) is 0. The molecular weight excluding hydrogens is 253 g/mol. The predicted molar refractivity (Wildman–Crippen MR) is 78.7 cm³/mol. The van der Waals surface area contributed by atoms with Gasteiger partial charge in [-0.3, -0.25) is 0 Å². The third kappa shape index (κ3) is 3.84. The fraction of sp³-hybridized carbons (Fsp3) is 0.375. The SMILES string of the molecule is Cc1ccc(-c2nccc(CNCC(C)C)n2)cc1F. The first-order valence-corrected chi connectivity index (χ1v) is 6.85. The van der Waals surface area contributed by atoms with Crippen LogP contribution in [0.15, 0.2) is 30.5 Å². The van der Waals surface area contributed by atoms with Crippen molar-refractivity contribution in [3.05, 3.63) is 47.5 Å². The molecule has 1 aromatic carbocycles. The predicted octanol–water partition coefficient (Wildman–Crippen LogP) is 3.34. The van der Waals surface area contributed by atoms with Crippen LogP contribution in [0.4, 0.5) is 4.39 Å². The second kappa shape index (κ2) is 6.57. The minimum atomic E-state index is -0.227. The molecule has 0 saturated heterocycles. The molecule has 1 aromatic heterocycles. The van der Waals surface area contributed by atoms with Gasteiger partial charge in [-0.1, -0.05) is 26.0 Å². The molecule has 1 N–H and O–H groups in total. The molecule has 3 nitrogen and oxygen atoms in total. The quantitative estimate of drug-likeness (QED) is 0.908. The molecule has 0 atom stereocenters. The van der Waals surface area contributed by atoms with E-state index in [4.69, 9.17) is 0 Å². The highest BCUT2D eigenvalue weighted by Crippen LogP contribution is 2.18. The Labute approximate surface area is 119 Å². The highest BCUT2D eigenvalue weighted by molar-refractivity contribution is 5.55. The summed E-state index contributed by atoms with van der Waals surface area (Å²) in [5.74, 6) is 0.935. The number of nitrogens with zero attached hydrogens (tertiary/aromatic N) is 2. The molecule has 106 valence electrons. The second-order valence-electron chi connectivity index (χ2n) is 5.36. The number of hydrogen-bond donors (Lipinski definition) is 1. The highest BCUT2D eigenvalue weighted by atomic mass is 19.1. The minimum absolute atomic E-state index is 0.227. The van der Waals surface area contributed by atoms with E-state index in [-0.39, 0.29) is 5.82 Å². The lowest BCUT2D eigenvalue weighted by molar-refractivity contribution is 0.548. The number of rotatable bonds is 5. The molecule has 2 aromatic rings. The van der Waals surface area contributed by atoms with Crippen molar-refractivity contribution >= 4 is 0 Å². The molecule has 0 aliphatic rings. The first-order valence-electron chi connectivity index (χ1n) is 6.85.